The normalized spacial score (nSPS) is 10.5. The van der Waals surface area contributed by atoms with E-state index in [2.05, 4.69) is 9.97 Å². The molecule has 2 nitrogen and oxygen atoms in total. The summed E-state index contributed by atoms with van der Waals surface area (Å²) in [5.74, 6) is 0. The standard InChI is InChI=1S/C7H5ClN2S2/c1-4-2-11-6(9-4)7-10-5(8)3-12-7/h2-3H,1H3. The van der Waals surface area contributed by atoms with Gasteiger partial charge in [-0.3, -0.25) is 0 Å². The molecule has 62 valence electrons. The molecule has 0 aliphatic heterocycles. The first-order valence-corrected chi connectivity index (χ1v) is 5.43. The zero-order valence-corrected chi connectivity index (χ0v) is 8.63. The van der Waals surface area contributed by atoms with Crippen LogP contribution in [0.4, 0.5) is 0 Å². The summed E-state index contributed by atoms with van der Waals surface area (Å²) in [5.41, 5.74) is 1.03. The van der Waals surface area contributed by atoms with E-state index in [1.54, 1.807) is 11.3 Å². The summed E-state index contributed by atoms with van der Waals surface area (Å²) in [6.07, 6.45) is 0. The van der Waals surface area contributed by atoms with E-state index in [4.69, 9.17) is 11.6 Å². The molecule has 0 spiro atoms. The number of hydrogen-bond donors (Lipinski definition) is 0. The fourth-order valence-electron chi connectivity index (χ4n) is 0.805. The van der Waals surface area contributed by atoms with Crippen LogP contribution in [-0.4, -0.2) is 9.97 Å². The predicted molar refractivity (Wildman–Crippen MR) is 53.0 cm³/mol. The van der Waals surface area contributed by atoms with Gasteiger partial charge in [-0.2, -0.15) is 0 Å². The quantitative estimate of drug-likeness (QED) is 0.732. The molecule has 2 aromatic rings. The number of thiazole rings is 2. The average molecular weight is 217 g/mol. The van der Waals surface area contributed by atoms with Crippen molar-refractivity contribution in [2.45, 2.75) is 6.92 Å². The molecular weight excluding hydrogens is 212 g/mol. The Kier molecular flexibility index (Phi) is 2.12. The third kappa shape index (κ3) is 1.50. The van der Waals surface area contributed by atoms with Crippen LogP contribution in [0.15, 0.2) is 10.8 Å². The molecule has 12 heavy (non-hydrogen) atoms. The van der Waals surface area contributed by atoms with Gasteiger partial charge in [-0.15, -0.1) is 22.7 Å². The summed E-state index contributed by atoms with van der Waals surface area (Å²) in [4.78, 5) is 8.43. The molecule has 0 amide bonds. The highest BCUT2D eigenvalue weighted by Crippen LogP contribution is 2.28. The van der Waals surface area contributed by atoms with Crippen molar-refractivity contribution in [3.8, 4) is 10.0 Å². The highest BCUT2D eigenvalue weighted by molar-refractivity contribution is 7.19. The minimum absolute atomic E-state index is 0.544. The number of aromatic nitrogens is 2. The summed E-state index contributed by atoms with van der Waals surface area (Å²) in [6, 6.07) is 0. The third-order valence-corrected chi connectivity index (χ3v) is 3.55. The number of rotatable bonds is 1. The average Bonchev–Trinajstić information content (AvgIpc) is 2.58. The van der Waals surface area contributed by atoms with Crippen LogP contribution < -0.4 is 0 Å². The molecule has 2 heterocycles. The molecule has 0 radical (unpaired) electrons. The molecule has 0 aliphatic rings. The first-order valence-electron chi connectivity index (χ1n) is 3.29. The molecular formula is C7H5ClN2S2. The molecule has 0 fully saturated rings. The molecule has 0 saturated heterocycles. The van der Waals surface area contributed by atoms with E-state index in [0.29, 0.717) is 5.15 Å². The van der Waals surface area contributed by atoms with Crippen LogP contribution in [-0.2, 0) is 0 Å². The van der Waals surface area contributed by atoms with Gasteiger partial charge < -0.3 is 0 Å². The Balaban J connectivity index is 2.43. The summed E-state index contributed by atoms with van der Waals surface area (Å²) in [6.45, 7) is 1.97. The second-order valence-corrected chi connectivity index (χ2v) is 4.37. The maximum Gasteiger partial charge on any atom is 0.153 e. The van der Waals surface area contributed by atoms with Crippen molar-refractivity contribution in [2.75, 3.05) is 0 Å². The predicted octanol–water partition coefficient (Wildman–Crippen LogP) is 3.23. The van der Waals surface area contributed by atoms with Gasteiger partial charge in [-0.1, -0.05) is 11.6 Å². The highest BCUT2D eigenvalue weighted by Gasteiger charge is 2.06. The Bertz CT molecular complexity index is 355. The Labute approximate surface area is 82.9 Å². The van der Waals surface area contributed by atoms with E-state index < -0.39 is 0 Å². The van der Waals surface area contributed by atoms with Crippen LogP contribution in [0.1, 0.15) is 5.69 Å². The van der Waals surface area contributed by atoms with Gasteiger partial charge in [0.15, 0.2) is 10.0 Å². The molecule has 0 atom stereocenters. The van der Waals surface area contributed by atoms with E-state index in [1.807, 2.05) is 17.7 Å². The smallest absolute Gasteiger partial charge is 0.153 e. The highest BCUT2D eigenvalue weighted by atomic mass is 35.5. The lowest BCUT2D eigenvalue weighted by Crippen LogP contribution is -1.74. The topological polar surface area (TPSA) is 25.8 Å². The molecule has 0 aliphatic carbocycles. The number of nitrogens with zero attached hydrogens (tertiary/aromatic N) is 2. The lowest BCUT2D eigenvalue weighted by atomic mass is 10.6. The first-order chi connectivity index (χ1) is 5.75. The van der Waals surface area contributed by atoms with Crippen LogP contribution in [0.5, 0.6) is 0 Å². The monoisotopic (exact) mass is 216 g/mol. The van der Waals surface area contributed by atoms with E-state index in [1.165, 1.54) is 11.3 Å². The van der Waals surface area contributed by atoms with Crippen molar-refractivity contribution in [2.24, 2.45) is 0 Å². The van der Waals surface area contributed by atoms with Crippen molar-refractivity contribution in [1.82, 2.24) is 9.97 Å². The fourth-order valence-corrected chi connectivity index (χ4v) is 2.60. The van der Waals surface area contributed by atoms with Crippen molar-refractivity contribution in [3.05, 3.63) is 21.6 Å². The van der Waals surface area contributed by atoms with E-state index in [-0.39, 0.29) is 0 Å². The Morgan fingerprint density at radius 1 is 1.17 bits per heavy atom. The Morgan fingerprint density at radius 2 is 1.83 bits per heavy atom. The SMILES string of the molecule is Cc1csc(-c2nc(Cl)cs2)n1. The molecule has 2 aromatic heterocycles. The van der Waals surface area contributed by atoms with E-state index in [9.17, 15) is 0 Å². The summed E-state index contributed by atoms with van der Waals surface area (Å²) in [5, 5.41) is 6.21. The van der Waals surface area contributed by atoms with Crippen LogP contribution in [0.3, 0.4) is 0 Å². The number of halogens is 1. The lowest BCUT2D eigenvalue weighted by Gasteiger charge is -1.83. The maximum atomic E-state index is 5.69. The zero-order valence-electron chi connectivity index (χ0n) is 6.24. The summed E-state index contributed by atoms with van der Waals surface area (Å²) in [7, 11) is 0. The molecule has 0 bridgehead atoms. The molecule has 5 heteroatoms. The van der Waals surface area contributed by atoms with Crippen molar-refractivity contribution in [1.29, 1.82) is 0 Å². The van der Waals surface area contributed by atoms with Gasteiger partial charge >= 0.3 is 0 Å². The first kappa shape index (κ1) is 8.16. The second-order valence-electron chi connectivity index (χ2n) is 2.27. The van der Waals surface area contributed by atoms with Crippen LogP contribution in [0, 0.1) is 6.92 Å². The Hall–Kier alpha value is -0.450. The second kappa shape index (κ2) is 3.12. The van der Waals surface area contributed by atoms with Gasteiger partial charge in [0.05, 0.1) is 0 Å². The number of aryl methyl sites for hydroxylation is 1. The van der Waals surface area contributed by atoms with Gasteiger partial charge in [0.2, 0.25) is 0 Å². The van der Waals surface area contributed by atoms with Gasteiger partial charge in [0.25, 0.3) is 0 Å². The van der Waals surface area contributed by atoms with Crippen molar-refractivity contribution < 1.29 is 0 Å². The zero-order chi connectivity index (χ0) is 8.55. The van der Waals surface area contributed by atoms with Crippen LogP contribution >= 0.6 is 34.3 Å². The van der Waals surface area contributed by atoms with E-state index in [0.717, 1.165) is 15.7 Å². The van der Waals surface area contributed by atoms with Gasteiger partial charge in [0, 0.05) is 16.5 Å². The lowest BCUT2D eigenvalue weighted by molar-refractivity contribution is 1.26. The third-order valence-electron chi connectivity index (χ3n) is 1.28. The maximum absolute atomic E-state index is 5.69. The Morgan fingerprint density at radius 3 is 2.33 bits per heavy atom. The van der Waals surface area contributed by atoms with Gasteiger partial charge in [-0.05, 0) is 6.92 Å². The molecule has 0 unspecified atom stereocenters. The van der Waals surface area contributed by atoms with Crippen molar-refractivity contribution in [3.63, 3.8) is 0 Å². The van der Waals surface area contributed by atoms with Crippen molar-refractivity contribution >= 4 is 34.3 Å². The van der Waals surface area contributed by atoms with Crippen LogP contribution in [0.25, 0.3) is 10.0 Å². The van der Waals surface area contributed by atoms with Gasteiger partial charge in [-0.25, -0.2) is 9.97 Å². The largest absolute Gasteiger partial charge is 0.239 e. The molecule has 0 saturated carbocycles. The molecule has 2 rings (SSSR count). The number of hydrogen-bond acceptors (Lipinski definition) is 4. The van der Waals surface area contributed by atoms with E-state index >= 15 is 0 Å². The fraction of sp³-hybridized carbons (Fsp3) is 0.143. The summed E-state index contributed by atoms with van der Waals surface area (Å²) >= 11 is 8.81. The van der Waals surface area contributed by atoms with Gasteiger partial charge in [0.1, 0.15) is 5.15 Å². The minimum atomic E-state index is 0.544. The molecule has 0 aromatic carbocycles. The van der Waals surface area contributed by atoms with Crippen LogP contribution in [0.2, 0.25) is 5.15 Å². The minimum Gasteiger partial charge on any atom is -0.239 e. The summed E-state index contributed by atoms with van der Waals surface area (Å²) < 4.78 is 0. The molecule has 0 N–H and O–H groups in total.